The van der Waals surface area contributed by atoms with E-state index in [0.29, 0.717) is 18.0 Å². The predicted molar refractivity (Wildman–Crippen MR) is 83.5 cm³/mol. The van der Waals surface area contributed by atoms with Gasteiger partial charge < -0.3 is 10.4 Å². The fraction of sp³-hybridized carbons (Fsp3) is 0.412. The molecule has 2 N–H and O–H groups in total. The molecular weight excluding hydrogens is 302 g/mol. The van der Waals surface area contributed by atoms with Crippen molar-refractivity contribution in [1.82, 2.24) is 5.32 Å². The maximum atomic E-state index is 12.4. The van der Waals surface area contributed by atoms with Crippen LogP contribution in [0.5, 0.6) is 0 Å². The molecule has 1 amide bonds. The van der Waals surface area contributed by atoms with Crippen LogP contribution in [0.4, 0.5) is 0 Å². The molecule has 0 spiro atoms. The van der Waals surface area contributed by atoms with E-state index in [0.717, 1.165) is 12.0 Å². The fourth-order valence-corrected chi connectivity index (χ4v) is 3.74. The quantitative estimate of drug-likeness (QED) is 0.820. The van der Waals surface area contributed by atoms with Crippen LogP contribution >= 0.6 is 11.6 Å². The van der Waals surface area contributed by atoms with Crippen molar-refractivity contribution in [2.75, 3.05) is 6.54 Å². The van der Waals surface area contributed by atoms with Crippen LogP contribution in [0.2, 0.25) is 5.02 Å². The predicted octanol–water partition coefficient (Wildman–Crippen LogP) is 2.52. The van der Waals surface area contributed by atoms with E-state index in [2.05, 4.69) is 5.32 Å². The molecule has 2 aliphatic rings. The number of rotatable bonds is 5. The minimum Gasteiger partial charge on any atom is -0.481 e. The second-order valence-corrected chi connectivity index (χ2v) is 6.44. The smallest absolute Gasteiger partial charge is 0.307 e. The Morgan fingerprint density at radius 2 is 1.77 bits per heavy atom. The highest BCUT2D eigenvalue weighted by Crippen LogP contribution is 2.48. The molecule has 1 aromatic carbocycles. The SMILES string of the molecule is O=C(NCCc1ccc(Cl)cc1)[C@@H]1[C@@H](C(=O)O)[C@H]2C=C[C@@H]1C2. The van der Waals surface area contributed by atoms with Crippen LogP contribution in [0.15, 0.2) is 36.4 Å². The summed E-state index contributed by atoms with van der Waals surface area (Å²) in [6.45, 7) is 0.504. The number of benzene rings is 1. The topological polar surface area (TPSA) is 66.4 Å². The zero-order valence-corrected chi connectivity index (χ0v) is 12.8. The minimum absolute atomic E-state index is 0.00881. The van der Waals surface area contributed by atoms with Crippen molar-refractivity contribution in [2.45, 2.75) is 12.8 Å². The van der Waals surface area contributed by atoms with Gasteiger partial charge in [0.15, 0.2) is 0 Å². The average Bonchev–Trinajstić information content (AvgIpc) is 3.09. The van der Waals surface area contributed by atoms with Crippen molar-refractivity contribution in [2.24, 2.45) is 23.7 Å². The second kappa shape index (κ2) is 6.13. The highest BCUT2D eigenvalue weighted by molar-refractivity contribution is 6.30. The Bertz CT molecular complexity index is 611. The fourth-order valence-electron chi connectivity index (χ4n) is 3.62. The summed E-state index contributed by atoms with van der Waals surface area (Å²) < 4.78 is 0. The van der Waals surface area contributed by atoms with Gasteiger partial charge in [-0.2, -0.15) is 0 Å². The van der Waals surface area contributed by atoms with Crippen molar-refractivity contribution in [3.63, 3.8) is 0 Å². The Morgan fingerprint density at radius 1 is 1.14 bits per heavy atom. The number of carbonyl (C=O) groups is 2. The first-order valence-corrected chi connectivity index (χ1v) is 7.87. The normalized spacial score (nSPS) is 28.8. The second-order valence-electron chi connectivity index (χ2n) is 6.01. The molecular formula is C17H18ClNO3. The average molecular weight is 320 g/mol. The van der Waals surface area contributed by atoms with Gasteiger partial charge in [-0.25, -0.2) is 0 Å². The summed E-state index contributed by atoms with van der Waals surface area (Å²) in [6.07, 6.45) is 5.43. The molecule has 2 aliphatic carbocycles. The molecule has 0 aromatic heterocycles. The van der Waals surface area contributed by atoms with Gasteiger partial charge in [0.2, 0.25) is 5.91 Å². The van der Waals surface area contributed by atoms with Crippen LogP contribution in [0.25, 0.3) is 0 Å². The van der Waals surface area contributed by atoms with Gasteiger partial charge in [0.05, 0.1) is 11.8 Å². The maximum Gasteiger partial charge on any atom is 0.307 e. The van der Waals surface area contributed by atoms with Crippen molar-refractivity contribution in [1.29, 1.82) is 0 Å². The van der Waals surface area contributed by atoms with E-state index < -0.39 is 17.8 Å². The third-order valence-corrected chi connectivity index (χ3v) is 4.93. The van der Waals surface area contributed by atoms with Crippen LogP contribution in [0.3, 0.4) is 0 Å². The summed E-state index contributed by atoms with van der Waals surface area (Å²) in [5, 5.41) is 12.9. The lowest BCUT2D eigenvalue weighted by Crippen LogP contribution is -2.40. The molecule has 4 atom stereocenters. The summed E-state index contributed by atoms with van der Waals surface area (Å²) in [5.74, 6) is -1.94. The number of nitrogens with one attached hydrogen (secondary N) is 1. The standard InChI is InChI=1S/C17H18ClNO3/c18-13-5-1-10(2-6-13)7-8-19-16(20)14-11-3-4-12(9-11)15(14)17(21)22/h1-6,11-12,14-15H,7-9H2,(H,19,20)(H,21,22)/t11-,12+,14+,15+/m1/s1. The Labute approximate surface area is 134 Å². The molecule has 0 aliphatic heterocycles. The number of halogens is 1. The summed E-state index contributed by atoms with van der Waals surface area (Å²) >= 11 is 5.83. The Balaban J connectivity index is 1.56. The number of hydrogen-bond acceptors (Lipinski definition) is 2. The largest absolute Gasteiger partial charge is 0.481 e. The maximum absolute atomic E-state index is 12.4. The molecule has 3 rings (SSSR count). The van der Waals surface area contributed by atoms with Gasteiger partial charge in [0.1, 0.15) is 0 Å². The van der Waals surface area contributed by atoms with Gasteiger partial charge in [0.25, 0.3) is 0 Å². The van der Waals surface area contributed by atoms with E-state index in [9.17, 15) is 14.7 Å². The molecule has 1 fully saturated rings. The van der Waals surface area contributed by atoms with Crippen LogP contribution in [-0.4, -0.2) is 23.5 Å². The van der Waals surface area contributed by atoms with Crippen molar-refractivity contribution in [3.8, 4) is 0 Å². The van der Waals surface area contributed by atoms with Gasteiger partial charge in [-0.1, -0.05) is 35.9 Å². The van der Waals surface area contributed by atoms with E-state index in [1.165, 1.54) is 0 Å². The van der Waals surface area contributed by atoms with Crippen molar-refractivity contribution >= 4 is 23.5 Å². The van der Waals surface area contributed by atoms with Gasteiger partial charge in [-0.3, -0.25) is 9.59 Å². The van der Waals surface area contributed by atoms with E-state index in [4.69, 9.17) is 11.6 Å². The van der Waals surface area contributed by atoms with E-state index in [1.54, 1.807) is 0 Å². The molecule has 0 unspecified atom stereocenters. The first kappa shape index (κ1) is 15.1. The number of carbonyl (C=O) groups excluding carboxylic acids is 1. The summed E-state index contributed by atoms with van der Waals surface area (Å²) in [7, 11) is 0. The van der Waals surface area contributed by atoms with Crippen LogP contribution in [0.1, 0.15) is 12.0 Å². The lowest BCUT2D eigenvalue weighted by Gasteiger charge is -2.23. The Morgan fingerprint density at radius 3 is 2.41 bits per heavy atom. The molecule has 0 heterocycles. The molecule has 2 bridgehead atoms. The third kappa shape index (κ3) is 2.88. The highest BCUT2D eigenvalue weighted by atomic mass is 35.5. The molecule has 0 saturated heterocycles. The minimum atomic E-state index is -0.866. The third-order valence-electron chi connectivity index (χ3n) is 4.67. The van der Waals surface area contributed by atoms with Gasteiger partial charge in [-0.05, 0) is 42.4 Å². The van der Waals surface area contributed by atoms with Crippen LogP contribution in [-0.2, 0) is 16.0 Å². The Hall–Kier alpha value is -1.81. The van der Waals surface area contributed by atoms with Crippen molar-refractivity contribution < 1.29 is 14.7 Å². The number of hydrogen-bond donors (Lipinski definition) is 2. The number of allylic oxidation sites excluding steroid dienone is 2. The number of carboxylic acid groups (broad SMARTS) is 1. The summed E-state index contributed by atoms with van der Waals surface area (Å²) in [6, 6.07) is 7.49. The van der Waals surface area contributed by atoms with Crippen molar-refractivity contribution in [3.05, 3.63) is 47.0 Å². The first-order valence-electron chi connectivity index (χ1n) is 7.49. The van der Waals surface area contributed by atoms with Gasteiger partial charge >= 0.3 is 5.97 Å². The van der Waals surface area contributed by atoms with E-state index in [1.807, 2.05) is 36.4 Å². The monoisotopic (exact) mass is 319 g/mol. The number of aliphatic carboxylic acids is 1. The molecule has 1 aromatic rings. The first-order chi connectivity index (χ1) is 10.6. The van der Waals surface area contributed by atoms with E-state index in [-0.39, 0.29) is 17.7 Å². The van der Waals surface area contributed by atoms with Gasteiger partial charge in [0, 0.05) is 11.6 Å². The number of fused-ring (bicyclic) bond motifs is 2. The zero-order valence-electron chi connectivity index (χ0n) is 12.0. The van der Waals surface area contributed by atoms with Crippen LogP contribution in [0, 0.1) is 23.7 Å². The zero-order chi connectivity index (χ0) is 15.7. The van der Waals surface area contributed by atoms with E-state index >= 15 is 0 Å². The molecule has 116 valence electrons. The lowest BCUT2D eigenvalue weighted by molar-refractivity contribution is -0.147. The Kier molecular flexibility index (Phi) is 4.21. The molecule has 0 radical (unpaired) electrons. The number of amides is 1. The van der Waals surface area contributed by atoms with Gasteiger partial charge in [-0.15, -0.1) is 0 Å². The lowest BCUT2D eigenvalue weighted by atomic mass is 9.82. The summed E-state index contributed by atoms with van der Waals surface area (Å²) in [5.41, 5.74) is 1.09. The van der Waals surface area contributed by atoms with Crippen LogP contribution < -0.4 is 5.32 Å². The molecule has 5 heteroatoms. The molecule has 22 heavy (non-hydrogen) atoms. The molecule has 4 nitrogen and oxygen atoms in total. The summed E-state index contributed by atoms with van der Waals surface area (Å²) in [4.78, 5) is 23.8. The highest BCUT2D eigenvalue weighted by Gasteiger charge is 2.51. The molecule has 1 saturated carbocycles. The number of carboxylic acids is 1.